The molecule has 0 aliphatic rings. The van der Waals surface area contributed by atoms with E-state index in [0.717, 1.165) is 0 Å². The number of aliphatic hydroxyl groups is 2. The third-order valence-corrected chi connectivity index (χ3v) is 2.47. The van der Waals surface area contributed by atoms with Crippen LogP contribution in [-0.2, 0) is 0 Å². The van der Waals surface area contributed by atoms with Crippen molar-refractivity contribution in [3.63, 3.8) is 0 Å². The van der Waals surface area contributed by atoms with Crippen molar-refractivity contribution < 1.29 is 19.3 Å². The Kier molecular flexibility index (Phi) is 5.53. The zero-order valence-corrected chi connectivity index (χ0v) is 10.7. The highest BCUT2D eigenvalue weighted by atomic mass is 19.1. The molecule has 1 atom stereocenters. The third-order valence-electron chi connectivity index (χ3n) is 2.47. The van der Waals surface area contributed by atoms with Crippen LogP contribution in [0.25, 0.3) is 0 Å². The van der Waals surface area contributed by atoms with Crippen LogP contribution in [0.2, 0.25) is 0 Å². The van der Waals surface area contributed by atoms with Crippen LogP contribution < -0.4 is 10.1 Å². The SMILES string of the molecule is CC(C)(CO)NC[C@@H](O)COc1ccc(F)cc1. The Hall–Kier alpha value is -1.17. The van der Waals surface area contributed by atoms with Crippen molar-refractivity contribution in [2.45, 2.75) is 25.5 Å². The molecular formula is C13H20FNO3. The average Bonchev–Trinajstić information content (AvgIpc) is 2.36. The molecule has 0 saturated heterocycles. The summed E-state index contributed by atoms with van der Waals surface area (Å²) in [5, 5.41) is 21.7. The monoisotopic (exact) mass is 257 g/mol. The van der Waals surface area contributed by atoms with Crippen molar-refractivity contribution in [2.75, 3.05) is 19.8 Å². The van der Waals surface area contributed by atoms with Crippen molar-refractivity contribution in [1.29, 1.82) is 0 Å². The summed E-state index contributed by atoms with van der Waals surface area (Å²) < 4.78 is 17.9. The highest BCUT2D eigenvalue weighted by molar-refractivity contribution is 5.22. The van der Waals surface area contributed by atoms with Gasteiger partial charge in [0.1, 0.15) is 24.3 Å². The van der Waals surface area contributed by atoms with Gasteiger partial charge >= 0.3 is 0 Å². The Morgan fingerprint density at radius 1 is 1.33 bits per heavy atom. The van der Waals surface area contributed by atoms with Gasteiger partial charge in [0.05, 0.1) is 6.61 Å². The first kappa shape index (κ1) is 14.9. The molecule has 5 heteroatoms. The highest BCUT2D eigenvalue weighted by Crippen LogP contribution is 2.11. The molecule has 0 heterocycles. The van der Waals surface area contributed by atoms with Crippen LogP contribution in [0.5, 0.6) is 5.75 Å². The van der Waals surface area contributed by atoms with E-state index in [1.165, 1.54) is 24.3 Å². The predicted molar refractivity (Wildman–Crippen MR) is 67.1 cm³/mol. The lowest BCUT2D eigenvalue weighted by molar-refractivity contribution is 0.0906. The Labute approximate surface area is 106 Å². The molecular weight excluding hydrogens is 237 g/mol. The predicted octanol–water partition coefficient (Wildman–Crippen LogP) is 0.926. The van der Waals surface area contributed by atoms with Crippen molar-refractivity contribution >= 4 is 0 Å². The van der Waals surface area contributed by atoms with E-state index in [0.29, 0.717) is 12.3 Å². The quantitative estimate of drug-likeness (QED) is 0.680. The number of halogens is 1. The first-order valence-electron chi connectivity index (χ1n) is 5.85. The lowest BCUT2D eigenvalue weighted by Crippen LogP contribution is -2.47. The van der Waals surface area contributed by atoms with E-state index in [4.69, 9.17) is 9.84 Å². The smallest absolute Gasteiger partial charge is 0.123 e. The lowest BCUT2D eigenvalue weighted by Gasteiger charge is -2.25. The second-order valence-corrected chi connectivity index (χ2v) is 4.84. The van der Waals surface area contributed by atoms with Gasteiger partial charge in [0, 0.05) is 12.1 Å². The van der Waals surface area contributed by atoms with Crippen LogP contribution in [0.1, 0.15) is 13.8 Å². The molecule has 0 amide bonds. The maximum absolute atomic E-state index is 12.6. The average molecular weight is 257 g/mol. The van der Waals surface area contributed by atoms with E-state index < -0.39 is 11.6 Å². The normalized spacial score (nSPS) is 13.4. The van der Waals surface area contributed by atoms with Crippen LogP contribution >= 0.6 is 0 Å². The minimum atomic E-state index is -0.694. The summed E-state index contributed by atoms with van der Waals surface area (Å²) in [6, 6.07) is 5.62. The molecule has 1 aromatic rings. The number of ether oxygens (including phenoxy) is 1. The fourth-order valence-electron chi connectivity index (χ4n) is 1.23. The number of benzene rings is 1. The summed E-state index contributed by atoms with van der Waals surface area (Å²) in [5.41, 5.74) is -0.434. The first-order valence-corrected chi connectivity index (χ1v) is 5.85. The molecule has 102 valence electrons. The molecule has 0 spiro atoms. The van der Waals surface area contributed by atoms with E-state index >= 15 is 0 Å². The molecule has 0 radical (unpaired) electrons. The summed E-state index contributed by atoms with van der Waals surface area (Å²) in [6.07, 6.45) is -0.694. The number of hydrogen-bond donors (Lipinski definition) is 3. The molecule has 18 heavy (non-hydrogen) atoms. The Balaban J connectivity index is 2.29. The lowest BCUT2D eigenvalue weighted by atomic mass is 10.1. The molecule has 0 aromatic heterocycles. The molecule has 3 N–H and O–H groups in total. The van der Waals surface area contributed by atoms with Crippen LogP contribution in [0, 0.1) is 5.82 Å². The van der Waals surface area contributed by atoms with E-state index in [2.05, 4.69) is 5.32 Å². The first-order chi connectivity index (χ1) is 8.43. The summed E-state index contributed by atoms with van der Waals surface area (Å²) in [7, 11) is 0. The summed E-state index contributed by atoms with van der Waals surface area (Å²) >= 11 is 0. The fourth-order valence-corrected chi connectivity index (χ4v) is 1.23. The van der Waals surface area contributed by atoms with Gasteiger partial charge in [0.2, 0.25) is 0 Å². The van der Waals surface area contributed by atoms with Crippen molar-refractivity contribution in [3.8, 4) is 5.75 Å². The summed E-state index contributed by atoms with van der Waals surface area (Å²) in [6.45, 7) is 4.08. The molecule has 0 aliphatic carbocycles. The van der Waals surface area contributed by atoms with E-state index in [1.807, 2.05) is 13.8 Å². The summed E-state index contributed by atoms with van der Waals surface area (Å²) in [4.78, 5) is 0. The van der Waals surface area contributed by atoms with Gasteiger partial charge in [0.15, 0.2) is 0 Å². The van der Waals surface area contributed by atoms with Gasteiger partial charge in [-0.3, -0.25) is 0 Å². The molecule has 0 bridgehead atoms. The molecule has 1 aromatic carbocycles. The van der Waals surface area contributed by atoms with Crippen molar-refractivity contribution in [1.82, 2.24) is 5.32 Å². The number of hydrogen-bond acceptors (Lipinski definition) is 4. The van der Waals surface area contributed by atoms with Gasteiger partial charge in [-0.15, -0.1) is 0 Å². The van der Waals surface area contributed by atoms with Gasteiger partial charge in [-0.05, 0) is 38.1 Å². The van der Waals surface area contributed by atoms with Crippen molar-refractivity contribution in [3.05, 3.63) is 30.1 Å². The number of rotatable bonds is 7. The minimum Gasteiger partial charge on any atom is -0.491 e. The zero-order chi connectivity index (χ0) is 13.6. The second-order valence-electron chi connectivity index (χ2n) is 4.84. The van der Waals surface area contributed by atoms with Crippen LogP contribution in [0.3, 0.4) is 0 Å². The molecule has 1 rings (SSSR count). The Bertz CT molecular complexity index is 354. The summed E-state index contributed by atoms with van der Waals surface area (Å²) in [5.74, 6) is 0.186. The third kappa shape index (κ3) is 5.44. The zero-order valence-electron chi connectivity index (χ0n) is 10.7. The Morgan fingerprint density at radius 2 is 1.94 bits per heavy atom. The van der Waals surface area contributed by atoms with Crippen molar-refractivity contribution in [2.24, 2.45) is 0 Å². The maximum atomic E-state index is 12.6. The van der Waals surface area contributed by atoms with Gasteiger partial charge in [-0.1, -0.05) is 0 Å². The Morgan fingerprint density at radius 3 is 2.50 bits per heavy atom. The van der Waals surface area contributed by atoms with Gasteiger partial charge in [0.25, 0.3) is 0 Å². The van der Waals surface area contributed by atoms with E-state index in [9.17, 15) is 9.50 Å². The highest BCUT2D eigenvalue weighted by Gasteiger charge is 2.17. The number of β-amino-alcohol motifs (C(OH)–C–C–N with tert-alkyl or cyclic N) is 1. The molecule has 4 nitrogen and oxygen atoms in total. The molecule has 0 aliphatic heterocycles. The van der Waals surface area contributed by atoms with E-state index in [-0.39, 0.29) is 19.0 Å². The van der Waals surface area contributed by atoms with Gasteiger partial charge in [-0.25, -0.2) is 4.39 Å². The fraction of sp³-hybridized carbons (Fsp3) is 0.538. The van der Waals surface area contributed by atoms with Gasteiger partial charge < -0.3 is 20.3 Å². The number of aliphatic hydroxyl groups excluding tert-OH is 2. The molecule has 0 unspecified atom stereocenters. The topological polar surface area (TPSA) is 61.7 Å². The van der Waals surface area contributed by atoms with E-state index in [1.54, 1.807) is 0 Å². The molecule has 0 saturated carbocycles. The maximum Gasteiger partial charge on any atom is 0.123 e. The van der Waals surface area contributed by atoms with Crippen LogP contribution in [0.15, 0.2) is 24.3 Å². The van der Waals surface area contributed by atoms with Crippen LogP contribution in [-0.4, -0.2) is 41.6 Å². The largest absolute Gasteiger partial charge is 0.491 e. The molecule has 0 fully saturated rings. The minimum absolute atomic E-state index is 0.0153. The standard InChI is InChI=1S/C13H20FNO3/c1-13(2,9-16)15-7-11(17)8-18-12-5-3-10(14)4-6-12/h3-6,11,15-17H,7-9H2,1-2H3/t11-/m1/s1. The van der Waals surface area contributed by atoms with Crippen LogP contribution in [0.4, 0.5) is 4.39 Å². The number of nitrogens with one attached hydrogen (secondary N) is 1. The second kappa shape index (κ2) is 6.68. The van der Waals surface area contributed by atoms with Gasteiger partial charge in [-0.2, -0.15) is 0 Å².